The van der Waals surface area contributed by atoms with Gasteiger partial charge in [0, 0.05) is 5.56 Å². The number of amides is 4. The standard InChI is InChI=1S/C25H21N3O6/c29-19(26-27-22(30)14-4-2-1-3-5-14)13-34-25(33)15-8-10-18(11-9-15)28-23(31)20-16-6-7-17(12-16)21(20)24(28)32/h1-11,16-17,20-21H,12-13H2,(H,26,29)(H,27,30)/t16-,17-,20-,21-/m0/s1. The van der Waals surface area contributed by atoms with E-state index in [2.05, 4.69) is 10.9 Å². The molecule has 4 amide bonds. The average Bonchev–Trinajstić information content (AvgIpc) is 3.55. The minimum atomic E-state index is -0.755. The molecule has 1 aliphatic heterocycles. The molecular weight excluding hydrogens is 438 g/mol. The first kappa shape index (κ1) is 21.6. The smallest absolute Gasteiger partial charge is 0.338 e. The molecule has 9 heteroatoms. The maximum absolute atomic E-state index is 12.9. The zero-order chi connectivity index (χ0) is 23.8. The van der Waals surface area contributed by atoms with E-state index in [0.29, 0.717) is 11.3 Å². The summed E-state index contributed by atoms with van der Waals surface area (Å²) in [5, 5.41) is 0. The summed E-state index contributed by atoms with van der Waals surface area (Å²) in [6, 6.07) is 14.2. The number of hydrazine groups is 1. The summed E-state index contributed by atoms with van der Waals surface area (Å²) >= 11 is 0. The number of nitrogens with one attached hydrogen (secondary N) is 2. The fourth-order valence-corrected chi connectivity index (χ4v) is 4.94. The van der Waals surface area contributed by atoms with Crippen molar-refractivity contribution in [2.24, 2.45) is 23.7 Å². The molecule has 2 bridgehead atoms. The molecular formula is C25H21N3O6. The van der Waals surface area contributed by atoms with E-state index in [9.17, 15) is 24.0 Å². The number of benzene rings is 2. The van der Waals surface area contributed by atoms with Crippen LogP contribution in [0.4, 0.5) is 5.69 Å². The van der Waals surface area contributed by atoms with Gasteiger partial charge in [0.2, 0.25) is 11.8 Å². The SMILES string of the molecule is O=C(COC(=O)c1ccc(N2C(=O)[C@@H]3[C@@H](C2=O)[C@H]2C=C[C@H]3C2)cc1)NNC(=O)c1ccccc1. The van der Waals surface area contributed by atoms with Gasteiger partial charge in [0.25, 0.3) is 11.8 Å². The van der Waals surface area contributed by atoms with E-state index in [1.807, 2.05) is 12.2 Å². The maximum atomic E-state index is 12.9. The number of hydrogen-bond acceptors (Lipinski definition) is 6. The Balaban J connectivity index is 1.14. The lowest BCUT2D eigenvalue weighted by Gasteiger charge is -2.17. The Labute approximate surface area is 194 Å². The number of allylic oxidation sites excluding steroid dienone is 2. The number of ether oxygens (including phenoxy) is 1. The predicted octanol–water partition coefficient (Wildman–Crippen LogP) is 1.62. The highest BCUT2D eigenvalue weighted by Gasteiger charge is 2.59. The van der Waals surface area contributed by atoms with Crippen molar-refractivity contribution < 1.29 is 28.7 Å². The largest absolute Gasteiger partial charge is 0.452 e. The number of rotatable bonds is 5. The summed E-state index contributed by atoms with van der Waals surface area (Å²) in [6.07, 6.45) is 4.92. The van der Waals surface area contributed by atoms with E-state index in [0.717, 1.165) is 6.42 Å². The maximum Gasteiger partial charge on any atom is 0.338 e. The molecule has 0 spiro atoms. The first-order chi connectivity index (χ1) is 16.4. The molecule has 2 aliphatic carbocycles. The second-order valence-electron chi connectivity index (χ2n) is 8.50. The number of fused-ring (bicyclic) bond motifs is 5. The van der Waals surface area contributed by atoms with Crippen LogP contribution in [-0.2, 0) is 19.1 Å². The normalized spacial score (nSPS) is 24.2. The van der Waals surface area contributed by atoms with Crippen molar-refractivity contribution >= 4 is 35.3 Å². The summed E-state index contributed by atoms with van der Waals surface area (Å²) in [6.45, 7) is -0.599. The van der Waals surface area contributed by atoms with E-state index >= 15 is 0 Å². The zero-order valence-electron chi connectivity index (χ0n) is 18.0. The molecule has 1 heterocycles. The van der Waals surface area contributed by atoms with E-state index in [-0.39, 0.29) is 41.0 Å². The van der Waals surface area contributed by atoms with Gasteiger partial charge in [0.05, 0.1) is 23.1 Å². The van der Waals surface area contributed by atoms with Crippen LogP contribution in [0.15, 0.2) is 66.7 Å². The predicted molar refractivity (Wildman–Crippen MR) is 119 cm³/mol. The Bertz CT molecular complexity index is 1180. The van der Waals surface area contributed by atoms with Crippen LogP contribution in [0.25, 0.3) is 0 Å². The van der Waals surface area contributed by atoms with Gasteiger partial charge in [0.1, 0.15) is 0 Å². The van der Waals surface area contributed by atoms with Gasteiger partial charge in [-0.3, -0.25) is 34.9 Å². The highest BCUT2D eigenvalue weighted by Crippen LogP contribution is 2.53. The Hall–Kier alpha value is -4.27. The van der Waals surface area contributed by atoms with Crippen LogP contribution < -0.4 is 15.8 Å². The Kier molecular flexibility index (Phi) is 5.45. The number of carbonyl (C=O) groups is 5. The molecule has 34 heavy (non-hydrogen) atoms. The molecule has 3 aliphatic rings. The summed E-state index contributed by atoms with van der Waals surface area (Å²) in [5.74, 6) is -2.72. The van der Waals surface area contributed by atoms with Crippen molar-refractivity contribution in [3.63, 3.8) is 0 Å². The van der Waals surface area contributed by atoms with Gasteiger partial charge in [-0.1, -0.05) is 30.4 Å². The second-order valence-corrected chi connectivity index (χ2v) is 8.50. The summed E-state index contributed by atoms with van der Waals surface area (Å²) < 4.78 is 4.97. The minimum Gasteiger partial charge on any atom is -0.452 e. The first-order valence-corrected chi connectivity index (χ1v) is 10.9. The summed E-state index contributed by atoms with van der Waals surface area (Å²) in [5.41, 5.74) is 5.33. The van der Waals surface area contributed by atoms with Gasteiger partial charge in [-0.25, -0.2) is 4.79 Å². The van der Waals surface area contributed by atoms with Crippen molar-refractivity contribution in [3.05, 3.63) is 77.9 Å². The van der Waals surface area contributed by atoms with E-state index < -0.39 is 24.4 Å². The van der Waals surface area contributed by atoms with Crippen molar-refractivity contribution in [3.8, 4) is 0 Å². The first-order valence-electron chi connectivity index (χ1n) is 10.9. The van der Waals surface area contributed by atoms with Crippen LogP contribution >= 0.6 is 0 Å². The van der Waals surface area contributed by atoms with E-state index in [1.54, 1.807) is 30.3 Å². The Morgan fingerprint density at radius 2 is 1.44 bits per heavy atom. The monoisotopic (exact) mass is 459 g/mol. The van der Waals surface area contributed by atoms with Crippen LogP contribution in [0.2, 0.25) is 0 Å². The lowest BCUT2D eigenvalue weighted by Crippen LogP contribution is -2.43. The fraction of sp³-hybridized carbons (Fsp3) is 0.240. The number of carbonyl (C=O) groups excluding carboxylic acids is 5. The topological polar surface area (TPSA) is 122 Å². The van der Waals surface area contributed by atoms with Gasteiger partial charge < -0.3 is 4.74 Å². The van der Waals surface area contributed by atoms with Crippen molar-refractivity contribution in [2.45, 2.75) is 6.42 Å². The van der Waals surface area contributed by atoms with E-state index in [4.69, 9.17) is 4.74 Å². The lowest BCUT2D eigenvalue weighted by atomic mass is 9.85. The molecule has 2 aromatic carbocycles. The average molecular weight is 459 g/mol. The molecule has 2 N–H and O–H groups in total. The molecule has 1 saturated heterocycles. The number of anilines is 1. The van der Waals surface area contributed by atoms with Crippen LogP contribution in [-0.4, -0.2) is 36.2 Å². The molecule has 0 aromatic heterocycles. The molecule has 0 unspecified atom stereocenters. The third-order valence-electron chi connectivity index (χ3n) is 6.52. The summed E-state index contributed by atoms with van der Waals surface area (Å²) in [4.78, 5) is 63.1. The molecule has 5 rings (SSSR count). The molecule has 4 atom stereocenters. The fourth-order valence-electron chi connectivity index (χ4n) is 4.94. The zero-order valence-corrected chi connectivity index (χ0v) is 18.0. The van der Waals surface area contributed by atoms with Crippen LogP contribution in [0.5, 0.6) is 0 Å². The molecule has 172 valence electrons. The van der Waals surface area contributed by atoms with Crippen molar-refractivity contribution in [1.29, 1.82) is 0 Å². The van der Waals surface area contributed by atoms with Gasteiger partial charge >= 0.3 is 5.97 Å². The van der Waals surface area contributed by atoms with Gasteiger partial charge in [-0.15, -0.1) is 0 Å². The third-order valence-corrected chi connectivity index (χ3v) is 6.52. The Morgan fingerprint density at radius 3 is 2.06 bits per heavy atom. The highest BCUT2D eigenvalue weighted by atomic mass is 16.5. The summed E-state index contributed by atoms with van der Waals surface area (Å²) in [7, 11) is 0. The molecule has 2 fully saturated rings. The highest BCUT2D eigenvalue weighted by molar-refractivity contribution is 6.22. The molecule has 9 nitrogen and oxygen atoms in total. The van der Waals surface area contributed by atoms with E-state index in [1.165, 1.54) is 29.2 Å². The second kappa shape index (κ2) is 8.58. The van der Waals surface area contributed by atoms with Crippen molar-refractivity contribution in [1.82, 2.24) is 10.9 Å². The number of imide groups is 1. The van der Waals surface area contributed by atoms with Crippen LogP contribution in [0, 0.1) is 23.7 Å². The molecule has 1 saturated carbocycles. The number of nitrogens with zero attached hydrogens (tertiary/aromatic N) is 1. The lowest BCUT2D eigenvalue weighted by molar-refractivity contribution is -0.125. The van der Waals surface area contributed by atoms with Crippen LogP contribution in [0.3, 0.4) is 0 Å². The van der Waals surface area contributed by atoms with Crippen molar-refractivity contribution in [2.75, 3.05) is 11.5 Å². The van der Waals surface area contributed by atoms with Crippen LogP contribution in [0.1, 0.15) is 27.1 Å². The molecule has 2 aromatic rings. The van der Waals surface area contributed by atoms with Gasteiger partial charge in [0.15, 0.2) is 6.61 Å². The number of hydrogen-bond donors (Lipinski definition) is 2. The Morgan fingerprint density at radius 1 is 0.824 bits per heavy atom. The van der Waals surface area contributed by atoms with Gasteiger partial charge in [-0.2, -0.15) is 0 Å². The molecule has 0 radical (unpaired) electrons. The number of esters is 1. The quantitative estimate of drug-likeness (QED) is 0.303. The van der Waals surface area contributed by atoms with Gasteiger partial charge in [-0.05, 0) is 54.7 Å². The minimum absolute atomic E-state index is 0.120. The third kappa shape index (κ3) is 3.75.